The maximum atomic E-state index is 12.2. The number of rotatable bonds is 5. The van der Waals surface area contributed by atoms with E-state index in [4.69, 9.17) is 10.5 Å². The van der Waals surface area contributed by atoms with E-state index in [1.807, 2.05) is 25.7 Å². The molecule has 1 saturated heterocycles. The summed E-state index contributed by atoms with van der Waals surface area (Å²) in [4.78, 5) is 16.5. The Morgan fingerprint density at radius 2 is 2.00 bits per heavy atom. The molecule has 5 heteroatoms. The van der Waals surface area contributed by atoms with Crippen molar-refractivity contribution in [3.8, 4) is 0 Å². The second-order valence-electron chi connectivity index (χ2n) is 6.85. The first-order valence-corrected chi connectivity index (χ1v) is 8.24. The molecule has 0 radical (unpaired) electrons. The van der Waals surface area contributed by atoms with E-state index >= 15 is 0 Å². The summed E-state index contributed by atoms with van der Waals surface area (Å²) in [6, 6.07) is 0.352. The summed E-state index contributed by atoms with van der Waals surface area (Å²) in [7, 11) is 0. The van der Waals surface area contributed by atoms with Crippen molar-refractivity contribution in [2.75, 3.05) is 32.7 Å². The van der Waals surface area contributed by atoms with E-state index in [0.717, 1.165) is 39.0 Å². The average Bonchev–Trinajstić information content (AvgIpc) is 2.43. The van der Waals surface area contributed by atoms with E-state index < -0.39 is 5.60 Å². The summed E-state index contributed by atoms with van der Waals surface area (Å²) in [5.41, 5.74) is 5.57. The van der Waals surface area contributed by atoms with Crippen LogP contribution in [0.25, 0.3) is 0 Å². The summed E-state index contributed by atoms with van der Waals surface area (Å²) in [5, 5.41) is 0. The summed E-state index contributed by atoms with van der Waals surface area (Å²) >= 11 is 0. The van der Waals surface area contributed by atoms with E-state index in [-0.39, 0.29) is 6.09 Å². The zero-order chi connectivity index (χ0) is 16.0. The Morgan fingerprint density at radius 3 is 2.48 bits per heavy atom. The van der Waals surface area contributed by atoms with Crippen LogP contribution in [0.15, 0.2) is 0 Å². The molecule has 2 N–H and O–H groups in total. The molecule has 1 fully saturated rings. The van der Waals surface area contributed by atoms with Gasteiger partial charge in [0.05, 0.1) is 0 Å². The molecule has 124 valence electrons. The van der Waals surface area contributed by atoms with E-state index in [1.165, 1.54) is 0 Å². The fraction of sp³-hybridized carbons (Fsp3) is 0.938. The maximum absolute atomic E-state index is 12.2. The highest BCUT2D eigenvalue weighted by molar-refractivity contribution is 5.68. The first-order valence-electron chi connectivity index (χ1n) is 8.24. The monoisotopic (exact) mass is 299 g/mol. The van der Waals surface area contributed by atoms with E-state index in [9.17, 15) is 4.79 Å². The molecule has 21 heavy (non-hydrogen) atoms. The lowest BCUT2D eigenvalue weighted by molar-refractivity contribution is 0.00958. The number of ether oxygens (including phenoxy) is 1. The molecule has 1 aliphatic rings. The van der Waals surface area contributed by atoms with Crippen molar-refractivity contribution in [1.29, 1.82) is 0 Å². The van der Waals surface area contributed by atoms with Crippen LogP contribution in [0.1, 0.15) is 47.5 Å². The molecule has 0 bridgehead atoms. The van der Waals surface area contributed by atoms with Crippen molar-refractivity contribution in [2.24, 2.45) is 11.7 Å². The van der Waals surface area contributed by atoms with Crippen LogP contribution in [0, 0.1) is 5.92 Å². The second-order valence-corrected chi connectivity index (χ2v) is 6.85. The van der Waals surface area contributed by atoms with Gasteiger partial charge < -0.3 is 15.4 Å². The van der Waals surface area contributed by atoms with E-state index in [2.05, 4.69) is 18.7 Å². The van der Waals surface area contributed by atoms with Crippen molar-refractivity contribution in [1.82, 2.24) is 9.80 Å². The van der Waals surface area contributed by atoms with Crippen LogP contribution in [0.5, 0.6) is 0 Å². The number of carbonyl (C=O) groups excluding carboxylic acids is 1. The molecule has 2 atom stereocenters. The van der Waals surface area contributed by atoms with Gasteiger partial charge in [-0.25, -0.2) is 4.79 Å². The molecule has 5 nitrogen and oxygen atoms in total. The van der Waals surface area contributed by atoms with Gasteiger partial charge in [-0.3, -0.25) is 4.90 Å². The predicted octanol–water partition coefficient (Wildman–Crippen LogP) is 2.30. The molecule has 0 spiro atoms. The third kappa shape index (κ3) is 5.47. The minimum atomic E-state index is -0.434. The molecule has 0 aromatic carbocycles. The molecular formula is C16H33N3O2. The predicted molar refractivity (Wildman–Crippen MR) is 86.3 cm³/mol. The highest BCUT2D eigenvalue weighted by Crippen LogP contribution is 2.24. The third-order valence-corrected chi connectivity index (χ3v) is 4.18. The lowest BCUT2D eigenvalue weighted by Crippen LogP contribution is -2.52. The van der Waals surface area contributed by atoms with Crippen molar-refractivity contribution in [2.45, 2.75) is 59.1 Å². The molecule has 0 aromatic rings. The van der Waals surface area contributed by atoms with Crippen molar-refractivity contribution in [3.05, 3.63) is 0 Å². The molecule has 1 amide bonds. The zero-order valence-electron chi connectivity index (χ0n) is 14.4. The fourth-order valence-corrected chi connectivity index (χ4v) is 3.15. The first-order chi connectivity index (χ1) is 9.82. The van der Waals surface area contributed by atoms with Gasteiger partial charge in [-0.15, -0.1) is 0 Å². The largest absolute Gasteiger partial charge is 0.444 e. The topological polar surface area (TPSA) is 58.8 Å². The van der Waals surface area contributed by atoms with Crippen LogP contribution in [-0.2, 0) is 4.74 Å². The van der Waals surface area contributed by atoms with Gasteiger partial charge in [0.1, 0.15) is 5.60 Å². The lowest BCUT2D eigenvalue weighted by Gasteiger charge is -2.41. The normalized spacial score (nSPS) is 21.5. The number of amides is 1. The van der Waals surface area contributed by atoms with Crippen molar-refractivity contribution >= 4 is 6.09 Å². The number of hydrogen-bond acceptors (Lipinski definition) is 4. The molecular weight excluding hydrogens is 266 g/mol. The Morgan fingerprint density at radius 1 is 1.38 bits per heavy atom. The van der Waals surface area contributed by atoms with Gasteiger partial charge in [-0.1, -0.05) is 13.8 Å². The highest BCUT2D eigenvalue weighted by Gasteiger charge is 2.32. The van der Waals surface area contributed by atoms with Crippen LogP contribution >= 0.6 is 0 Å². The molecule has 1 heterocycles. The number of likely N-dealkylation sites (N-methyl/N-ethyl adjacent to an activating group) is 1. The summed E-state index contributed by atoms with van der Waals surface area (Å²) < 4.78 is 5.49. The van der Waals surface area contributed by atoms with Crippen LogP contribution in [0.2, 0.25) is 0 Å². The molecule has 2 unspecified atom stereocenters. The van der Waals surface area contributed by atoms with Crippen molar-refractivity contribution < 1.29 is 9.53 Å². The average molecular weight is 299 g/mol. The van der Waals surface area contributed by atoms with Gasteiger partial charge in [0.25, 0.3) is 0 Å². The molecule has 0 aliphatic carbocycles. The molecule has 0 aromatic heterocycles. The number of hydrogen-bond donors (Lipinski definition) is 1. The zero-order valence-corrected chi connectivity index (χ0v) is 14.4. The Hall–Kier alpha value is -0.810. The number of carbonyl (C=O) groups is 1. The molecule has 0 saturated carbocycles. The summed E-state index contributed by atoms with van der Waals surface area (Å²) in [6.07, 6.45) is 1.97. The Kier molecular flexibility index (Phi) is 6.94. The number of likely N-dealkylation sites (tertiary alicyclic amines) is 1. The number of piperidine rings is 1. The van der Waals surface area contributed by atoms with Crippen LogP contribution < -0.4 is 5.73 Å². The minimum Gasteiger partial charge on any atom is -0.444 e. The van der Waals surface area contributed by atoms with Gasteiger partial charge in [-0.2, -0.15) is 0 Å². The fourth-order valence-electron chi connectivity index (χ4n) is 3.15. The van der Waals surface area contributed by atoms with Crippen LogP contribution in [0.4, 0.5) is 4.79 Å². The minimum absolute atomic E-state index is 0.192. The smallest absolute Gasteiger partial charge is 0.410 e. The maximum Gasteiger partial charge on any atom is 0.410 e. The number of nitrogens with two attached hydrogens (primary N) is 1. The summed E-state index contributed by atoms with van der Waals surface area (Å²) in [5.74, 6) is 0.441. The molecule has 1 rings (SSSR count). The van der Waals surface area contributed by atoms with Gasteiger partial charge in [-0.05, 0) is 52.6 Å². The van der Waals surface area contributed by atoms with Gasteiger partial charge in [0.15, 0.2) is 0 Å². The lowest BCUT2D eigenvalue weighted by atomic mass is 9.89. The Labute approximate surface area is 129 Å². The van der Waals surface area contributed by atoms with Crippen LogP contribution in [-0.4, -0.2) is 60.3 Å². The first kappa shape index (κ1) is 18.2. The van der Waals surface area contributed by atoms with Gasteiger partial charge >= 0.3 is 6.09 Å². The quantitative estimate of drug-likeness (QED) is 0.846. The van der Waals surface area contributed by atoms with Gasteiger partial charge in [0.2, 0.25) is 0 Å². The van der Waals surface area contributed by atoms with Gasteiger partial charge in [0, 0.05) is 25.7 Å². The number of nitrogens with zero attached hydrogens (tertiary/aromatic N) is 2. The van der Waals surface area contributed by atoms with E-state index in [1.54, 1.807) is 0 Å². The van der Waals surface area contributed by atoms with Crippen molar-refractivity contribution in [3.63, 3.8) is 0 Å². The van der Waals surface area contributed by atoms with Crippen LogP contribution in [0.3, 0.4) is 0 Å². The highest BCUT2D eigenvalue weighted by atomic mass is 16.6. The standard InChI is InChI=1S/C16H33N3O2/c1-6-18(7-2)14(11-17)13-9-8-10-19(12-13)15(20)21-16(3,4)5/h13-14H,6-12,17H2,1-5H3. The Balaban J connectivity index is 2.68. The SMILES string of the molecule is CCN(CC)C(CN)C1CCCN(C(=O)OC(C)(C)C)C1. The second kappa shape index (κ2) is 7.99. The van der Waals surface area contributed by atoms with E-state index in [0.29, 0.717) is 18.5 Å². The third-order valence-electron chi connectivity index (χ3n) is 4.18. The Bertz CT molecular complexity index is 324. The summed E-state index contributed by atoms with van der Waals surface area (Å²) in [6.45, 7) is 14.3. The molecule has 1 aliphatic heterocycles.